The van der Waals surface area contributed by atoms with Crippen molar-refractivity contribution in [2.24, 2.45) is 0 Å². The van der Waals surface area contributed by atoms with E-state index in [2.05, 4.69) is 10.0 Å². The van der Waals surface area contributed by atoms with Crippen LogP contribution in [-0.2, 0) is 20.0 Å². The number of piperazine rings is 1. The zero-order valence-corrected chi connectivity index (χ0v) is 20.5. The van der Waals surface area contributed by atoms with E-state index in [1.165, 1.54) is 24.3 Å². The minimum absolute atomic E-state index is 0.0490. The molecule has 1 saturated heterocycles. The predicted molar refractivity (Wildman–Crippen MR) is 131 cm³/mol. The van der Waals surface area contributed by atoms with E-state index in [9.17, 15) is 25.6 Å². The Hall–Kier alpha value is -2.93. The van der Waals surface area contributed by atoms with Gasteiger partial charge in [0.1, 0.15) is 16.5 Å². The van der Waals surface area contributed by atoms with Gasteiger partial charge in [-0.2, -0.15) is 12.2 Å². The summed E-state index contributed by atoms with van der Waals surface area (Å²) in [6.07, 6.45) is 0. The van der Waals surface area contributed by atoms with Crippen molar-refractivity contribution in [1.82, 2.24) is 5.32 Å². The minimum Gasteiger partial charge on any atom is -0.369 e. The fourth-order valence-electron chi connectivity index (χ4n) is 3.58. The van der Waals surface area contributed by atoms with Crippen LogP contribution in [0.2, 0.25) is 0 Å². The third kappa shape index (κ3) is 5.35. The monoisotopic (exact) mass is 542 g/mol. The van der Waals surface area contributed by atoms with Gasteiger partial charge in [0.15, 0.2) is 0 Å². The molecule has 1 aliphatic rings. The van der Waals surface area contributed by atoms with Gasteiger partial charge in [-0.15, -0.1) is 0 Å². The molecule has 1 heterocycles. The molecule has 0 atom stereocenters. The van der Waals surface area contributed by atoms with Crippen molar-refractivity contribution in [3.05, 3.63) is 78.4 Å². The lowest BCUT2D eigenvalue weighted by Crippen LogP contribution is -2.43. The van der Waals surface area contributed by atoms with E-state index in [0.717, 1.165) is 12.1 Å². The van der Waals surface area contributed by atoms with Crippen LogP contribution in [0.5, 0.6) is 0 Å². The maximum Gasteiger partial charge on any atom is 0.281 e. The van der Waals surface area contributed by atoms with Crippen LogP contribution in [0.3, 0.4) is 0 Å². The SMILES string of the molecule is O=S(=O)(Nc1cc(N2CCNCC2)ccc1N(Cl)S(=O)(=O)c1ccc(F)cc1F)c1ccccc1. The van der Waals surface area contributed by atoms with Crippen molar-refractivity contribution < 1.29 is 25.6 Å². The quantitative estimate of drug-likeness (QED) is 0.443. The number of nitrogens with one attached hydrogen (secondary N) is 2. The van der Waals surface area contributed by atoms with E-state index in [1.54, 1.807) is 24.3 Å². The number of nitrogens with zero attached hydrogens (tertiary/aromatic N) is 2. The number of hydrogen-bond acceptors (Lipinski definition) is 6. The highest BCUT2D eigenvalue weighted by atomic mass is 35.5. The van der Waals surface area contributed by atoms with Gasteiger partial charge >= 0.3 is 0 Å². The topological polar surface area (TPSA) is 98.8 Å². The van der Waals surface area contributed by atoms with E-state index in [1.807, 2.05) is 4.90 Å². The number of benzene rings is 3. The van der Waals surface area contributed by atoms with Crippen LogP contribution in [0.15, 0.2) is 76.5 Å². The molecule has 13 heteroatoms. The van der Waals surface area contributed by atoms with Gasteiger partial charge in [0, 0.05) is 49.7 Å². The Morgan fingerprint density at radius 1 is 0.914 bits per heavy atom. The van der Waals surface area contributed by atoms with Gasteiger partial charge < -0.3 is 10.2 Å². The summed E-state index contributed by atoms with van der Waals surface area (Å²) in [6, 6.07) is 13.8. The lowest BCUT2D eigenvalue weighted by molar-refractivity contribution is 0.549. The van der Waals surface area contributed by atoms with E-state index in [0.29, 0.717) is 37.9 Å². The molecule has 0 aromatic heterocycles. The molecule has 0 saturated carbocycles. The van der Waals surface area contributed by atoms with Crippen LogP contribution >= 0.6 is 11.8 Å². The molecular formula is C22H21ClF2N4O4S2. The Bertz CT molecular complexity index is 1440. The van der Waals surface area contributed by atoms with E-state index < -0.39 is 36.6 Å². The Morgan fingerprint density at radius 2 is 1.60 bits per heavy atom. The fraction of sp³-hybridized carbons (Fsp3) is 0.182. The maximum absolute atomic E-state index is 14.3. The molecule has 1 aliphatic heterocycles. The molecule has 2 N–H and O–H groups in total. The van der Waals surface area contributed by atoms with Gasteiger partial charge in [-0.1, -0.05) is 18.2 Å². The molecule has 186 valence electrons. The summed E-state index contributed by atoms with van der Waals surface area (Å²) in [6.45, 7) is 2.72. The second-order valence-electron chi connectivity index (χ2n) is 7.65. The molecule has 0 unspecified atom stereocenters. The zero-order chi connectivity index (χ0) is 25.2. The van der Waals surface area contributed by atoms with Crippen molar-refractivity contribution in [2.75, 3.05) is 39.6 Å². The lowest BCUT2D eigenvalue weighted by Gasteiger charge is -2.30. The van der Waals surface area contributed by atoms with Gasteiger partial charge in [0.25, 0.3) is 20.0 Å². The maximum atomic E-state index is 14.3. The van der Waals surface area contributed by atoms with Crippen molar-refractivity contribution in [3.8, 4) is 0 Å². The molecule has 0 bridgehead atoms. The van der Waals surface area contributed by atoms with Crippen molar-refractivity contribution in [1.29, 1.82) is 0 Å². The molecule has 0 radical (unpaired) electrons. The first-order valence-corrected chi connectivity index (χ1v) is 13.7. The summed E-state index contributed by atoms with van der Waals surface area (Å²) in [5, 5.41) is 3.21. The highest BCUT2D eigenvalue weighted by Crippen LogP contribution is 2.37. The standard InChI is InChI=1S/C22H21ClF2N4O4S2/c23-29(35(32,33)22-9-6-16(24)14-19(22)25)21-8-7-17(28-12-10-26-11-13-28)15-20(21)27-34(30,31)18-4-2-1-3-5-18/h1-9,14-15,26-27H,10-13H2. The van der Waals surface area contributed by atoms with Crippen LogP contribution in [0.4, 0.5) is 25.8 Å². The molecule has 3 aromatic carbocycles. The summed E-state index contributed by atoms with van der Waals surface area (Å²) >= 11 is 6.19. The Kier molecular flexibility index (Phi) is 7.17. The molecule has 4 rings (SSSR count). The third-order valence-electron chi connectivity index (χ3n) is 5.33. The van der Waals surface area contributed by atoms with E-state index in [-0.39, 0.29) is 20.1 Å². The Labute approximate surface area is 207 Å². The van der Waals surface area contributed by atoms with Gasteiger partial charge in [0.2, 0.25) is 0 Å². The molecule has 0 amide bonds. The highest BCUT2D eigenvalue weighted by molar-refractivity contribution is 7.94. The first kappa shape index (κ1) is 25.2. The number of sulfonamides is 2. The average molecular weight is 543 g/mol. The number of rotatable bonds is 7. The smallest absolute Gasteiger partial charge is 0.281 e. The van der Waals surface area contributed by atoms with E-state index >= 15 is 0 Å². The summed E-state index contributed by atoms with van der Waals surface area (Å²) < 4.78 is 82.5. The summed E-state index contributed by atoms with van der Waals surface area (Å²) in [4.78, 5) is 1.08. The average Bonchev–Trinajstić information content (AvgIpc) is 2.84. The number of anilines is 3. The Morgan fingerprint density at radius 3 is 2.26 bits per heavy atom. The third-order valence-corrected chi connectivity index (χ3v) is 8.95. The van der Waals surface area contributed by atoms with Crippen LogP contribution in [0.25, 0.3) is 0 Å². The molecule has 0 aliphatic carbocycles. The van der Waals surface area contributed by atoms with Crippen molar-refractivity contribution in [3.63, 3.8) is 0 Å². The molecule has 8 nitrogen and oxygen atoms in total. The second kappa shape index (κ2) is 9.97. The van der Waals surface area contributed by atoms with Gasteiger partial charge in [-0.3, -0.25) is 4.72 Å². The molecule has 3 aromatic rings. The summed E-state index contributed by atoms with van der Waals surface area (Å²) in [5.74, 6) is -2.29. The first-order valence-electron chi connectivity index (χ1n) is 10.4. The second-order valence-corrected chi connectivity index (χ2v) is 11.6. The van der Waals surface area contributed by atoms with Gasteiger partial charge in [0.05, 0.1) is 16.3 Å². The summed E-state index contributed by atoms with van der Waals surface area (Å²) in [7, 11) is -8.85. The van der Waals surface area contributed by atoms with Crippen LogP contribution in [-0.4, -0.2) is 43.0 Å². The Balaban J connectivity index is 1.79. The van der Waals surface area contributed by atoms with Crippen LogP contribution in [0.1, 0.15) is 0 Å². The van der Waals surface area contributed by atoms with Crippen LogP contribution in [0, 0.1) is 11.6 Å². The molecular weight excluding hydrogens is 522 g/mol. The van der Waals surface area contributed by atoms with Crippen molar-refractivity contribution in [2.45, 2.75) is 9.79 Å². The summed E-state index contributed by atoms with van der Waals surface area (Å²) in [5.41, 5.74) is 0.246. The van der Waals surface area contributed by atoms with Gasteiger partial charge in [-0.05, 0) is 42.5 Å². The van der Waals surface area contributed by atoms with E-state index in [4.69, 9.17) is 11.8 Å². The normalized spacial score (nSPS) is 14.5. The molecule has 35 heavy (non-hydrogen) atoms. The largest absolute Gasteiger partial charge is 0.369 e. The minimum atomic E-state index is -4.72. The molecule has 1 fully saturated rings. The van der Waals surface area contributed by atoms with Crippen LogP contribution < -0.4 is 18.8 Å². The highest BCUT2D eigenvalue weighted by Gasteiger charge is 2.30. The zero-order valence-electron chi connectivity index (χ0n) is 18.2. The predicted octanol–water partition coefficient (Wildman–Crippen LogP) is 3.52. The molecule has 0 spiro atoms. The fourth-order valence-corrected chi connectivity index (χ4v) is 6.18. The van der Waals surface area contributed by atoms with Gasteiger partial charge in [-0.25, -0.2) is 17.2 Å². The van der Waals surface area contributed by atoms with Crippen molar-refractivity contribution >= 4 is 48.9 Å². The number of halogens is 3. The number of hydrogen-bond donors (Lipinski definition) is 2. The lowest BCUT2D eigenvalue weighted by atomic mass is 10.2. The first-order chi connectivity index (χ1) is 16.6.